The van der Waals surface area contributed by atoms with Gasteiger partial charge in [-0.1, -0.05) is 6.07 Å². The molecule has 5 nitrogen and oxygen atoms in total. The lowest BCUT2D eigenvalue weighted by atomic mass is 9.94. The molecular formula is C17H16BrNO4. The minimum absolute atomic E-state index is 0.125. The predicted octanol–water partition coefficient (Wildman–Crippen LogP) is 3.54. The Hall–Kier alpha value is -2.21. The predicted molar refractivity (Wildman–Crippen MR) is 90.0 cm³/mol. The molecule has 0 aliphatic heterocycles. The maximum Gasteiger partial charge on any atom is 0.235 e. The monoisotopic (exact) mass is 377 g/mol. The Labute approximate surface area is 142 Å². The Kier molecular flexibility index (Phi) is 3.93. The number of benzene rings is 2. The summed E-state index contributed by atoms with van der Waals surface area (Å²) in [5.41, 5.74) is 0.729. The molecule has 3 N–H and O–H groups in total. The fourth-order valence-electron chi connectivity index (χ4n) is 2.59. The number of amides is 1. The highest BCUT2D eigenvalue weighted by atomic mass is 79.9. The van der Waals surface area contributed by atoms with Gasteiger partial charge in [-0.3, -0.25) is 4.79 Å². The van der Waals surface area contributed by atoms with E-state index in [1.807, 2.05) is 0 Å². The quantitative estimate of drug-likeness (QED) is 0.712. The second kappa shape index (κ2) is 5.77. The molecule has 2 aromatic rings. The van der Waals surface area contributed by atoms with E-state index in [1.54, 1.807) is 31.4 Å². The van der Waals surface area contributed by atoms with Crippen LogP contribution in [-0.4, -0.2) is 23.2 Å². The second-order valence-electron chi connectivity index (χ2n) is 5.59. The molecule has 1 saturated carbocycles. The number of ether oxygens (including phenoxy) is 1. The molecule has 3 rings (SSSR count). The molecule has 0 bridgehead atoms. The van der Waals surface area contributed by atoms with Gasteiger partial charge < -0.3 is 20.3 Å². The standard InChI is InChI=1S/C17H16BrNO4/c1-23-15-5-3-11(9-12(15)18)19-16(22)17(6-7-17)10-2-4-13(20)14(21)8-10/h2-5,8-9,20-21H,6-7H2,1H3,(H,19,22). The van der Waals surface area contributed by atoms with E-state index >= 15 is 0 Å². The number of nitrogens with one attached hydrogen (secondary N) is 1. The molecule has 1 aliphatic rings. The maximum atomic E-state index is 12.7. The summed E-state index contributed by atoms with van der Waals surface area (Å²) in [5.74, 6) is 0.157. The third-order valence-corrected chi connectivity index (χ3v) is 4.74. The SMILES string of the molecule is COc1ccc(NC(=O)C2(c3ccc(O)c(O)c3)CC2)cc1Br. The van der Waals surface area contributed by atoms with Crippen molar-refractivity contribution in [2.75, 3.05) is 12.4 Å². The summed E-state index contributed by atoms with van der Waals surface area (Å²) >= 11 is 3.39. The van der Waals surface area contributed by atoms with Gasteiger partial charge in [-0.05, 0) is 64.7 Å². The summed E-state index contributed by atoms with van der Waals surface area (Å²) in [6.07, 6.45) is 1.42. The van der Waals surface area contributed by atoms with Crippen LogP contribution in [0, 0.1) is 0 Å². The number of hydrogen-bond acceptors (Lipinski definition) is 4. The molecule has 0 spiro atoms. The van der Waals surface area contributed by atoms with Gasteiger partial charge >= 0.3 is 0 Å². The summed E-state index contributed by atoms with van der Waals surface area (Å²) in [5, 5.41) is 22.0. The van der Waals surface area contributed by atoms with Gasteiger partial charge in [0, 0.05) is 5.69 Å². The van der Waals surface area contributed by atoms with E-state index in [9.17, 15) is 15.0 Å². The fourth-order valence-corrected chi connectivity index (χ4v) is 3.13. The smallest absolute Gasteiger partial charge is 0.235 e. The molecule has 2 aromatic carbocycles. The molecule has 0 heterocycles. The van der Waals surface area contributed by atoms with E-state index in [0.717, 1.165) is 4.47 Å². The Bertz CT molecular complexity index is 771. The molecule has 0 aromatic heterocycles. The molecule has 23 heavy (non-hydrogen) atoms. The van der Waals surface area contributed by atoms with Crippen molar-refractivity contribution < 1.29 is 19.7 Å². The van der Waals surface area contributed by atoms with Crippen LogP contribution in [0.4, 0.5) is 5.69 Å². The normalized spacial score (nSPS) is 15.0. The van der Waals surface area contributed by atoms with Crippen molar-refractivity contribution in [2.45, 2.75) is 18.3 Å². The number of rotatable bonds is 4. The van der Waals surface area contributed by atoms with Crippen molar-refractivity contribution >= 4 is 27.5 Å². The highest BCUT2D eigenvalue weighted by Gasteiger charge is 2.51. The van der Waals surface area contributed by atoms with Gasteiger partial charge in [-0.25, -0.2) is 0 Å². The van der Waals surface area contributed by atoms with Crippen molar-refractivity contribution in [3.8, 4) is 17.2 Å². The van der Waals surface area contributed by atoms with Crippen molar-refractivity contribution in [1.29, 1.82) is 0 Å². The van der Waals surface area contributed by atoms with Gasteiger partial charge in [0.15, 0.2) is 11.5 Å². The van der Waals surface area contributed by atoms with Gasteiger partial charge in [-0.2, -0.15) is 0 Å². The number of aromatic hydroxyl groups is 2. The van der Waals surface area contributed by atoms with E-state index in [0.29, 0.717) is 29.8 Å². The van der Waals surface area contributed by atoms with E-state index in [-0.39, 0.29) is 17.4 Å². The molecule has 0 radical (unpaired) electrons. The van der Waals surface area contributed by atoms with Crippen LogP contribution in [-0.2, 0) is 10.2 Å². The molecule has 1 fully saturated rings. The molecule has 0 unspecified atom stereocenters. The summed E-state index contributed by atoms with van der Waals surface area (Å²) in [4.78, 5) is 12.7. The largest absolute Gasteiger partial charge is 0.504 e. The average molecular weight is 378 g/mol. The van der Waals surface area contributed by atoms with Crippen LogP contribution in [0.2, 0.25) is 0 Å². The number of carbonyl (C=O) groups excluding carboxylic acids is 1. The highest BCUT2D eigenvalue weighted by Crippen LogP contribution is 2.50. The van der Waals surface area contributed by atoms with Crippen molar-refractivity contribution in [2.24, 2.45) is 0 Å². The average Bonchev–Trinajstić information content (AvgIpc) is 3.32. The molecule has 120 valence electrons. The maximum absolute atomic E-state index is 12.7. The zero-order valence-electron chi connectivity index (χ0n) is 12.5. The molecule has 0 atom stereocenters. The highest BCUT2D eigenvalue weighted by molar-refractivity contribution is 9.10. The number of methoxy groups -OCH3 is 1. The van der Waals surface area contributed by atoms with Gasteiger partial charge in [0.05, 0.1) is 17.0 Å². The van der Waals surface area contributed by atoms with E-state index in [4.69, 9.17) is 4.74 Å². The molecular weight excluding hydrogens is 362 g/mol. The zero-order chi connectivity index (χ0) is 16.6. The lowest BCUT2D eigenvalue weighted by Gasteiger charge is -2.17. The van der Waals surface area contributed by atoms with Crippen LogP contribution >= 0.6 is 15.9 Å². The van der Waals surface area contributed by atoms with Crippen LogP contribution in [0.25, 0.3) is 0 Å². The van der Waals surface area contributed by atoms with E-state index in [1.165, 1.54) is 12.1 Å². The van der Waals surface area contributed by atoms with Gasteiger partial charge in [0.1, 0.15) is 5.75 Å². The number of phenols is 2. The van der Waals surface area contributed by atoms with Crippen LogP contribution in [0.5, 0.6) is 17.2 Å². The van der Waals surface area contributed by atoms with E-state index in [2.05, 4.69) is 21.2 Å². The van der Waals surface area contributed by atoms with Crippen molar-refractivity contribution in [1.82, 2.24) is 0 Å². The van der Waals surface area contributed by atoms with Gasteiger partial charge in [0.25, 0.3) is 0 Å². The van der Waals surface area contributed by atoms with Crippen LogP contribution in [0.3, 0.4) is 0 Å². The molecule has 1 aliphatic carbocycles. The summed E-state index contributed by atoms with van der Waals surface area (Å²) in [6.45, 7) is 0. The first kappa shape index (κ1) is 15.7. The van der Waals surface area contributed by atoms with E-state index < -0.39 is 5.41 Å². The minimum atomic E-state index is -0.641. The first-order chi connectivity index (χ1) is 11.0. The van der Waals surface area contributed by atoms with Crippen LogP contribution in [0.1, 0.15) is 18.4 Å². The number of anilines is 1. The Morgan fingerprint density at radius 2 is 1.91 bits per heavy atom. The lowest BCUT2D eigenvalue weighted by Crippen LogP contribution is -2.27. The summed E-state index contributed by atoms with van der Waals surface area (Å²) < 4.78 is 5.92. The first-order valence-corrected chi connectivity index (χ1v) is 7.93. The number of phenolic OH excluding ortho intramolecular Hbond substituents is 2. The zero-order valence-corrected chi connectivity index (χ0v) is 14.1. The second-order valence-corrected chi connectivity index (χ2v) is 6.44. The molecule has 0 saturated heterocycles. The summed E-state index contributed by atoms with van der Waals surface area (Å²) in [7, 11) is 1.58. The summed E-state index contributed by atoms with van der Waals surface area (Å²) in [6, 6.07) is 9.85. The Morgan fingerprint density at radius 1 is 1.17 bits per heavy atom. The molecule has 6 heteroatoms. The van der Waals surface area contributed by atoms with Crippen molar-refractivity contribution in [3.63, 3.8) is 0 Å². The number of hydrogen-bond donors (Lipinski definition) is 3. The fraction of sp³-hybridized carbons (Fsp3) is 0.235. The topological polar surface area (TPSA) is 78.8 Å². The first-order valence-electron chi connectivity index (χ1n) is 7.14. The molecule has 1 amide bonds. The lowest BCUT2D eigenvalue weighted by molar-refractivity contribution is -0.118. The Morgan fingerprint density at radius 3 is 2.48 bits per heavy atom. The Balaban J connectivity index is 1.82. The number of carbonyl (C=O) groups is 1. The van der Waals surface area contributed by atoms with Crippen LogP contribution < -0.4 is 10.1 Å². The third-order valence-electron chi connectivity index (χ3n) is 4.12. The minimum Gasteiger partial charge on any atom is -0.504 e. The van der Waals surface area contributed by atoms with Gasteiger partial charge in [-0.15, -0.1) is 0 Å². The third kappa shape index (κ3) is 2.86. The van der Waals surface area contributed by atoms with Gasteiger partial charge in [0.2, 0.25) is 5.91 Å². The number of halogens is 1. The van der Waals surface area contributed by atoms with Crippen molar-refractivity contribution in [3.05, 3.63) is 46.4 Å². The van der Waals surface area contributed by atoms with Crippen LogP contribution in [0.15, 0.2) is 40.9 Å².